The highest BCUT2D eigenvalue weighted by Crippen LogP contribution is 2.31. The van der Waals surface area contributed by atoms with Crippen molar-refractivity contribution in [3.8, 4) is 0 Å². The number of hydrogen-bond acceptors (Lipinski definition) is 1. The highest BCUT2D eigenvalue weighted by Gasteiger charge is 2.52. The van der Waals surface area contributed by atoms with E-state index in [9.17, 15) is 18.0 Å². The van der Waals surface area contributed by atoms with Crippen LogP contribution in [0, 0.1) is 0 Å². The Morgan fingerprint density at radius 1 is 1.05 bits per heavy atom. The van der Waals surface area contributed by atoms with Crippen molar-refractivity contribution in [3.63, 3.8) is 0 Å². The van der Waals surface area contributed by atoms with Crippen molar-refractivity contribution in [3.05, 3.63) is 25.3 Å². The molecule has 0 atom stereocenters. The number of amides is 1. The number of rotatable bonds is 6. The summed E-state index contributed by atoms with van der Waals surface area (Å²) in [6, 6.07) is 0.894. The van der Waals surface area contributed by atoms with Crippen LogP contribution in [0.5, 0.6) is 0 Å². The van der Waals surface area contributed by atoms with E-state index in [-0.39, 0.29) is 0 Å². The van der Waals surface area contributed by atoms with E-state index in [4.69, 9.17) is 0 Å². The van der Waals surface area contributed by atoms with E-state index in [1.807, 2.05) is 0 Å². The number of carbonyl (C=O) groups is 1. The molecule has 0 radical (unpaired) electrons. The first kappa shape index (κ1) is 18.2. The molecule has 0 bridgehead atoms. The lowest BCUT2D eigenvalue weighted by Crippen LogP contribution is -2.66. The third-order valence-electron chi connectivity index (χ3n) is 2.94. The normalized spacial score (nSPS) is 13.0. The molecular formula is C12H22F3NOSi2. The predicted molar refractivity (Wildman–Crippen MR) is 77.9 cm³/mol. The zero-order chi connectivity index (χ0) is 15.5. The number of hydrogen-bond donors (Lipinski definition) is 0. The molecule has 0 rings (SSSR count). The number of alkyl halides is 3. The summed E-state index contributed by atoms with van der Waals surface area (Å²) in [6.45, 7) is 14.3. The molecule has 0 saturated carbocycles. The molecule has 0 spiro atoms. The van der Waals surface area contributed by atoms with Crippen LogP contribution < -0.4 is 0 Å². The molecule has 0 aromatic rings. The Hall–Kier alpha value is -0.826. The summed E-state index contributed by atoms with van der Waals surface area (Å²) < 4.78 is 39.7. The number of halogens is 3. The maximum absolute atomic E-state index is 12.8. The number of carbonyl (C=O) groups excluding carboxylic acids is 1. The van der Waals surface area contributed by atoms with Gasteiger partial charge in [0.25, 0.3) is 0 Å². The smallest absolute Gasteiger partial charge is 0.387 e. The van der Waals surface area contributed by atoms with Crippen LogP contribution >= 0.6 is 0 Å². The van der Waals surface area contributed by atoms with Crippen LogP contribution in [0.1, 0.15) is 0 Å². The zero-order valence-electron chi connectivity index (χ0n) is 12.0. The summed E-state index contributed by atoms with van der Waals surface area (Å²) in [5, 5.41) is 0. The van der Waals surface area contributed by atoms with E-state index in [1.54, 1.807) is 38.3 Å². The molecular weight excluding hydrogens is 287 g/mol. The van der Waals surface area contributed by atoms with Crippen LogP contribution in [0.2, 0.25) is 38.3 Å². The second kappa shape index (κ2) is 6.08. The van der Waals surface area contributed by atoms with Gasteiger partial charge in [0.1, 0.15) is 16.5 Å². The van der Waals surface area contributed by atoms with Crippen molar-refractivity contribution in [1.29, 1.82) is 0 Å². The van der Waals surface area contributed by atoms with Crippen molar-refractivity contribution in [2.24, 2.45) is 0 Å². The molecule has 0 aromatic heterocycles. The second-order valence-corrected chi connectivity index (χ2v) is 15.2. The molecule has 2 nitrogen and oxygen atoms in total. The summed E-state index contributed by atoms with van der Waals surface area (Å²) in [5.74, 6) is -1.70. The number of allylic oxidation sites excluding steroid dienone is 2. The second-order valence-electron chi connectivity index (χ2n) is 5.75. The van der Waals surface area contributed by atoms with Gasteiger partial charge in [-0.1, -0.05) is 38.3 Å². The summed E-state index contributed by atoms with van der Waals surface area (Å²) in [4.78, 5) is 11.8. The molecule has 0 aliphatic heterocycles. The Labute approximate surface area is 115 Å². The Balaban J connectivity index is 5.69. The maximum Gasteiger partial charge on any atom is 0.469 e. The van der Waals surface area contributed by atoms with Crippen LogP contribution in [0.15, 0.2) is 25.3 Å². The van der Waals surface area contributed by atoms with Crippen LogP contribution in [-0.2, 0) is 4.79 Å². The van der Waals surface area contributed by atoms with Crippen LogP contribution in [0.25, 0.3) is 0 Å². The highest BCUT2D eigenvalue weighted by atomic mass is 28.4. The fraction of sp³-hybridized carbons (Fsp3) is 0.583. The SMILES string of the molecule is C=CC[Si](C)(C)N(C(=O)C(F)(F)F)[Si](C)(C)CC=C. The predicted octanol–water partition coefficient (Wildman–Crippen LogP) is 4.16. The Morgan fingerprint density at radius 2 is 1.37 bits per heavy atom. The van der Waals surface area contributed by atoms with Gasteiger partial charge in [0.05, 0.1) is 0 Å². The van der Waals surface area contributed by atoms with E-state index >= 15 is 0 Å². The highest BCUT2D eigenvalue weighted by molar-refractivity contribution is 6.93. The monoisotopic (exact) mass is 309 g/mol. The number of nitrogens with zero attached hydrogens (tertiary/aromatic N) is 1. The van der Waals surface area contributed by atoms with E-state index in [0.717, 1.165) is 0 Å². The quantitative estimate of drug-likeness (QED) is 0.533. The van der Waals surface area contributed by atoms with Crippen LogP contribution in [0.3, 0.4) is 0 Å². The van der Waals surface area contributed by atoms with Gasteiger partial charge in [-0.15, -0.1) is 13.2 Å². The van der Waals surface area contributed by atoms with Gasteiger partial charge in [0.2, 0.25) is 0 Å². The Morgan fingerprint density at radius 3 is 1.58 bits per heavy atom. The lowest BCUT2D eigenvalue weighted by atomic mass is 10.6. The third kappa shape index (κ3) is 4.65. The standard InChI is InChI=1S/C12H22F3NOSi2/c1-7-9-18(3,4)16(11(17)12(13,14)15)19(5,6)10-8-2/h7-8H,1-2,9-10H2,3-6H3. The zero-order valence-corrected chi connectivity index (χ0v) is 14.0. The van der Waals surface area contributed by atoms with Gasteiger partial charge in [-0.2, -0.15) is 13.2 Å². The minimum absolute atomic E-state index is 0.447. The minimum Gasteiger partial charge on any atom is -0.387 e. The fourth-order valence-electron chi connectivity index (χ4n) is 2.38. The first-order valence-electron chi connectivity index (χ1n) is 6.03. The van der Waals surface area contributed by atoms with E-state index in [2.05, 4.69) is 13.2 Å². The molecule has 0 heterocycles. The lowest BCUT2D eigenvalue weighted by Gasteiger charge is -2.46. The average Bonchev–Trinajstić information content (AvgIpc) is 2.14. The van der Waals surface area contributed by atoms with Gasteiger partial charge >= 0.3 is 12.1 Å². The van der Waals surface area contributed by atoms with Crippen molar-refractivity contribution in [2.45, 2.75) is 44.5 Å². The average molecular weight is 309 g/mol. The molecule has 0 N–H and O–H groups in total. The topological polar surface area (TPSA) is 20.3 Å². The van der Waals surface area contributed by atoms with Crippen LogP contribution in [0.4, 0.5) is 13.2 Å². The first-order valence-corrected chi connectivity index (χ1v) is 12.3. The molecule has 0 saturated heterocycles. The largest absolute Gasteiger partial charge is 0.469 e. The minimum atomic E-state index is -4.82. The van der Waals surface area contributed by atoms with E-state index in [1.165, 1.54) is 4.23 Å². The third-order valence-corrected chi connectivity index (χ3v) is 12.0. The van der Waals surface area contributed by atoms with Gasteiger partial charge in [0.15, 0.2) is 0 Å². The van der Waals surface area contributed by atoms with Crippen molar-refractivity contribution >= 4 is 22.4 Å². The van der Waals surface area contributed by atoms with Crippen LogP contribution in [-0.4, -0.2) is 32.8 Å². The molecule has 19 heavy (non-hydrogen) atoms. The summed E-state index contributed by atoms with van der Waals surface area (Å²) in [5.41, 5.74) is 0. The molecule has 1 amide bonds. The Kier molecular flexibility index (Phi) is 5.82. The van der Waals surface area contributed by atoms with E-state index in [0.29, 0.717) is 12.1 Å². The lowest BCUT2D eigenvalue weighted by molar-refractivity contribution is -0.177. The van der Waals surface area contributed by atoms with Gasteiger partial charge in [-0.05, 0) is 12.1 Å². The molecule has 0 aromatic carbocycles. The van der Waals surface area contributed by atoms with Crippen molar-refractivity contribution in [2.75, 3.05) is 0 Å². The van der Waals surface area contributed by atoms with Gasteiger partial charge in [-0.25, -0.2) is 0 Å². The summed E-state index contributed by atoms with van der Waals surface area (Å²) in [7, 11) is -5.04. The van der Waals surface area contributed by atoms with Gasteiger partial charge in [-0.3, -0.25) is 4.79 Å². The molecule has 7 heteroatoms. The molecule has 0 aliphatic rings. The summed E-state index contributed by atoms with van der Waals surface area (Å²) in [6.07, 6.45) is -1.63. The molecule has 110 valence electrons. The van der Waals surface area contributed by atoms with E-state index < -0.39 is 28.6 Å². The molecule has 0 fully saturated rings. The first-order chi connectivity index (χ1) is 8.40. The van der Waals surface area contributed by atoms with Crippen molar-refractivity contribution in [1.82, 2.24) is 4.23 Å². The summed E-state index contributed by atoms with van der Waals surface area (Å²) >= 11 is 0. The molecule has 0 unspecified atom stereocenters. The molecule has 0 aliphatic carbocycles. The maximum atomic E-state index is 12.8. The fourth-order valence-corrected chi connectivity index (χ4v) is 12.6. The van der Waals surface area contributed by atoms with Crippen molar-refractivity contribution < 1.29 is 18.0 Å². The van der Waals surface area contributed by atoms with Gasteiger partial charge < -0.3 is 4.23 Å². The van der Waals surface area contributed by atoms with Gasteiger partial charge in [0, 0.05) is 0 Å². The Bertz CT molecular complexity index is 342.